The van der Waals surface area contributed by atoms with Gasteiger partial charge in [0.1, 0.15) is 0 Å². The van der Waals surface area contributed by atoms with E-state index in [1.165, 1.54) is 16.7 Å². The van der Waals surface area contributed by atoms with E-state index in [4.69, 9.17) is 19.2 Å². The van der Waals surface area contributed by atoms with Gasteiger partial charge in [0.2, 0.25) is 0 Å². The summed E-state index contributed by atoms with van der Waals surface area (Å²) in [5.41, 5.74) is 4.37. The molecule has 0 aliphatic carbocycles. The normalized spacial score (nSPS) is 12.1. The molecule has 0 saturated heterocycles. The maximum absolute atomic E-state index is 8.88. The molecular formula is C15H26NaO4P. The van der Waals surface area contributed by atoms with Crippen LogP contribution in [0.2, 0.25) is 0 Å². The Kier molecular flexibility index (Phi) is 9.28. The molecule has 3 N–H and O–H groups in total. The quantitative estimate of drug-likeness (QED) is 0.368. The third-order valence-corrected chi connectivity index (χ3v) is 2.68. The van der Waals surface area contributed by atoms with E-state index in [2.05, 4.69) is 66.7 Å². The van der Waals surface area contributed by atoms with Crippen molar-refractivity contribution < 1.29 is 48.8 Å². The minimum atomic E-state index is -4.64. The minimum Gasteiger partial charge on any atom is -0.303 e. The molecule has 0 aliphatic heterocycles. The molecule has 0 aromatic heterocycles. The van der Waals surface area contributed by atoms with Gasteiger partial charge < -0.3 is 14.7 Å². The molecule has 0 atom stereocenters. The van der Waals surface area contributed by atoms with Crippen molar-refractivity contribution in [2.45, 2.75) is 59.3 Å². The molecule has 0 spiro atoms. The molecule has 0 bridgehead atoms. The summed E-state index contributed by atoms with van der Waals surface area (Å²) in [4.78, 5) is 21.6. The summed E-state index contributed by atoms with van der Waals surface area (Å²) in [6, 6.07) is 8.00. The van der Waals surface area contributed by atoms with Crippen molar-refractivity contribution in [2.75, 3.05) is 0 Å². The van der Waals surface area contributed by atoms with Crippen molar-refractivity contribution in [1.29, 1.82) is 0 Å². The molecule has 4 nitrogen and oxygen atoms in total. The minimum absolute atomic E-state index is 0. The molecule has 0 aliphatic rings. The van der Waals surface area contributed by atoms with Crippen LogP contribution in [-0.2, 0) is 15.4 Å². The van der Waals surface area contributed by atoms with E-state index in [0.29, 0.717) is 0 Å². The van der Waals surface area contributed by atoms with E-state index >= 15 is 0 Å². The van der Waals surface area contributed by atoms with Crippen LogP contribution in [0.5, 0.6) is 0 Å². The summed E-state index contributed by atoms with van der Waals surface area (Å²) in [7, 11) is -4.64. The molecule has 21 heavy (non-hydrogen) atoms. The van der Waals surface area contributed by atoms with Crippen LogP contribution in [0.1, 0.15) is 58.2 Å². The number of benzene rings is 1. The fourth-order valence-corrected chi connectivity index (χ4v) is 1.55. The van der Waals surface area contributed by atoms with Gasteiger partial charge in [0.25, 0.3) is 0 Å². The van der Waals surface area contributed by atoms with Crippen LogP contribution in [0, 0.1) is 13.0 Å². The van der Waals surface area contributed by atoms with Crippen molar-refractivity contribution in [1.82, 2.24) is 0 Å². The molecule has 1 aromatic rings. The van der Waals surface area contributed by atoms with Gasteiger partial charge in [-0.15, -0.1) is 0 Å². The molecular weight excluding hydrogens is 298 g/mol. The second kappa shape index (κ2) is 8.26. The molecule has 1 rings (SSSR count). The summed E-state index contributed by atoms with van der Waals surface area (Å²) in [6.07, 6.45) is 0. The molecule has 0 amide bonds. The number of aryl methyl sites for hydroxylation is 1. The predicted octanol–water partition coefficient (Wildman–Crippen LogP) is 0.466. The van der Waals surface area contributed by atoms with Gasteiger partial charge in [-0.05, 0) is 10.8 Å². The summed E-state index contributed by atoms with van der Waals surface area (Å²) >= 11 is 0. The molecule has 116 valence electrons. The molecule has 0 heterocycles. The van der Waals surface area contributed by atoms with Gasteiger partial charge in [0.05, 0.1) is 0 Å². The summed E-state index contributed by atoms with van der Waals surface area (Å²) in [6.45, 7) is 15.6. The van der Waals surface area contributed by atoms with Crippen LogP contribution in [0.15, 0.2) is 12.1 Å². The maximum Gasteiger partial charge on any atom is 1.00 e. The molecule has 6 heteroatoms. The van der Waals surface area contributed by atoms with Crippen molar-refractivity contribution in [2.24, 2.45) is 0 Å². The first kappa shape index (κ1) is 23.6. The Bertz CT molecular complexity index is 455. The van der Waals surface area contributed by atoms with Crippen LogP contribution >= 0.6 is 7.82 Å². The van der Waals surface area contributed by atoms with E-state index in [-0.39, 0.29) is 40.4 Å². The predicted molar refractivity (Wildman–Crippen MR) is 81.7 cm³/mol. The maximum atomic E-state index is 8.88. The van der Waals surface area contributed by atoms with Crippen LogP contribution in [0.25, 0.3) is 0 Å². The summed E-state index contributed by atoms with van der Waals surface area (Å²) in [5, 5.41) is 0. The molecule has 0 saturated carbocycles. The third kappa shape index (κ3) is 11.5. The van der Waals surface area contributed by atoms with Gasteiger partial charge in [0.15, 0.2) is 0 Å². The van der Waals surface area contributed by atoms with E-state index in [1.807, 2.05) is 0 Å². The first-order valence-electron chi connectivity index (χ1n) is 6.44. The average molecular weight is 324 g/mol. The topological polar surface area (TPSA) is 77.8 Å². The van der Waals surface area contributed by atoms with Crippen LogP contribution < -0.4 is 29.6 Å². The first-order valence-corrected chi connectivity index (χ1v) is 8.00. The Morgan fingerprint density at radius 3 is 1.62 bits per heavy atom. The third-order valence-electron chi connectivity index (χ3n) is 2.68. The molecule has 0 radical (unpaired) electrons. The number of phosphoric acid groups is 1. The van der Waals surface area contributed by atoms with E-state index in [1.54, 1.807) is 0 Å². The fraction of sp³-hybridized carbons (Fsp3) is 0.600. The van der Waals surface area contributed by atoms with E-state index in [9.17, 15) is 0 Å². The second-order valence-corrected chi connectivity index (χ2v) is 8.01. The van der Waals surface area contributed by atoms with E-state index in [0.717, 1.165) is 0 Å². The van der Waals surface area contributed by atoms with Crippen LogP contribution in [0.3, 0.4) is 0 Å². The van der Waals surface area contributed by atoms with Crippen molar-refractivity contribution in [3.05, 3.63) is 34.9 Å². The number of hydrogen-bond donors (Lipinski definition) is 3. The Morgan fingerprint density at radius 1 is 0.952 bits per heavy atom. The zero-order valence-corrected chi connectivity index (χ0v) is 17.2. The number of hydrogen-bond acceptors (Lipinski definition) is 1. The van der Waals surface area contributed by atoms with Gasteiger partial charge in [-0.2, -0.15) is 34.9 Å². The van der Waals surface area contributed by atoms with E-state index < -0.39 is 7.82 Å². The average Bonchev–Trinajstić information content (AvgIpc) is 2.10. The zero-order valence-electron chi connectivity index (χ0n) is 14.4. The van der Waals surface area contributed by atoms with Gasteiger partial charge in [-0.3, -0.25) is 0 Å². The monoisotopic (exact) mass is 324 g/mol. The smallest absolute Gasteiger partial charge is 0.303 e. The Labute approximate surface area is 150 Å². The number of rotatable bonds is 0. The second-order valence-electron chi connectivity index (χ2n) is 6.98. The van der Waals surface area contributed by atoms with Gasteiger partial charge in [-0.1, -0.05) is 48.5 Å². The van der Waals surface area contributed by atoms with Gasteiger partial charge >= 0.3 is 37.4 Å². The molecule has 0 fully saturated rings. The Morgan fingerprint density at radius 2 is 1.33 bits per heavy atom. The van der Waals surface area contributed by atoms with Gasteiger partial charge in [-0.25, -0.2) is 4.57 Å². The van der Waals surface area contributed by atoms with Crippen molar-refractivity contribution >= 4 is 7.82 Å². The SMILES string of the molecule is Cc1[c-]c(C(C)(C)C)cc(C(C)(C)C)c1.O=P(O)(O)O.[Na+]. The Balaban J connectivity index is 0. The summed E-state index contributed by atoms with van der Waals surface area (Å²) in [5.74, 6) is 0. The fourth-order valence-electron chi connectivity index (χ4n) is 1.55. The molecule has 0 unspecified atom stereocenters. The van der Waals surface area contributed by atoms with Crippen LogP contribution in [0.4, 0.5) is 0 Å². The zero-order chi connectivity index (χ0) is 16.4. The molecule has 1 aromatic carbocycles. The largest absolute Gasteiger partial charge is 1.00 e. The van der Waals surface area contributed by atoms with Crippen molar-refractivity contribution in [3.63, 3.8) is 0 Å². The van der Waals surface area contributed by atoms with Crippen molar-refractivity contribution in [3.8, 4) is 0 Å². The summed E-state index contributed by atoms with van der Waals surface area (Å²) < 4.78 is 8.88. The van der Waals surface area contributed by atoms with Crippen LogP contribution in [-0.4, -0.2) is 14.7 Å². The van der Waals surface area contributed by atoms with Gasteiger partial charge in [0, 0.05) is 0 Å². The standard InChI is InChI=1S/C15H23.Na.H3O4P/c1-11-8-12(14(2,3)4)10-13(9-11)15(5,6)7;;1-5(2,3)4/h8,10H,1-7H3;;(H3,1,2,3,4)/q-1;+1;. The Hall–Kier alpha value is 0.330. The first-order chi connectivity index (χ1) is 8.60.